The number of benzene rings is 1. The van der Waals surface area contributed by atoms with Gasteiger partial charge >= 0.3 is 0 Å². The summed E-state index contributed by atoms with van der Waals surface area (Å²) in [5, 5.41) is 10.0. The summed E-state index contributed by atoms with van der Waals surface area (Å²) >= 11 is 0. The molecule has 0 spiro atoms. The Balaban J connectivity index is 2.02. The van der Waals surface area contributed by atoms with Gasteiger partial charge in [-0.05, 0) is 18.9 Å². The van der Waals surface area contributed by atoms with Crippen molar-refractivity contribution >= 4 is 0 Å². The summed E-state index contributed by atoms with van der Waals surface area (Å²) in [6, 6.07) is 13.8. The number of aliphatic hydroxyl groups is 1. The van der Waals surface area contributed by atoms with Crippen LogP contribution in [0.2, 0.25) is 0 Å². The van der Waals surface area contributed by atoms with E-state index in [1.807, 2.05) is 42.5 Å². The molecule has 0 bridgehead atoms. The second-order valence-electron chi connectivity index (χ2n) is 4.75. The SMILES string of the molecule is NC1CCc2nc(-c3ccccc3)ccc2C1O. The van der Waals surface area contributed by atoms with Crippen LogP contribution in [-0.2, 0) is 6.42 Å². The molecule has 0 saturated carbocycles. The predicted molar refractivity (Wildman–Crippen MR) is 70.9 cm³/mol. The van der Waals surface area contributed by atoms with E-state index in [9.17, 15) is 5.11 Å². The molecule has 0 aliphatic heterocycles. The Morgan fingerprint density at radius 1 is 1.11 bits per heavy atom. The van der Waals surface area contributed by atoms with E-state index in [4.69, 9.17) is 5.73 Å². The molecule has 0 amide bonds. The first kappa shape index (κ1) is 11.4. The van der Waals surface area contributed by atoms with Gasteiger partial charge in [-0.25, -0.2) is 0 Å². The molecule has 3 heteroatoms. The minimum Gasteiger partial charge on any atom is -0.387 e. The highest BCUT2D eigenvalue weighted by atomic mass is 16.3. The van der Waals surface area contributed by atoms with E-state index in [1.54, 1.807) is 0 Å². The molecular formula is C15H16N2O. The minimum atomic E-state index is -0.578. The third kappa shape index (κ3) is 1.92. The maximum atomic E-state index is 10.0. The topological polar surface area (TPSA) is 59.1 Å². The zero-order valence-corrected chi connectivity index (χ0v) is 10.1. The fraction of sp³-hybridized carbons (Fsp3) is 0.267. The molecule has 1 heterocycles. The molecule has 2 unspecified atom stereocenters. The Kier molecular flexibility index (Phi) is 2.86. The summed E-state index contributed by atoms with van der Waals surface area (Å²) < 4.78 is 0. The maximum absolute atomic E-state index is 10.0. The van der Waals surface area contributed by atoms with Gasteiger partial charge in [0.2, 0.25) is 0 Å². The number of aromatic nitrogens is 1. The van der Waals surface area contributed by atoms with Gasteiger partial charge in [-0.2, -0.15) is 0 Å². The summed E-state index contributed by atoms with van der Waals surface area (Å²) in [4.78, 5) is 4.65. The lowest BCUT2D eigenvalue weighted by atomic mass is 9.89. The monoisotopic (exact) mass is 240 g/mol. The van der Waals surface area contributed by atoms with E-state index in [0.717, 1.165) is 35.4 Å². The first-order valence-electron chi connectivity index (χ1n) is 6.24. The van der Waals surface area contributed by atoms with Gasteiger partial charge < -0.3 is 10.8 Å². The zero-order valence-electron chi connectivity index (χ0n) is 10.1. The van der Waals surface area contributed by atoms with Crippen molar-refractivity contribution in [2.45, 2.75) is 25.0 Å². The fourth-order valence-corrected chi connectivity index (χ4v) is 2.44. The molecule has 3 rings (SSSR count). The molecule has 3 nitrogen and oxygen atoms in total. The van der Waals surface area contributed by atoms with Gasteiger partial charge in [0, 0.05) is 22.9 Å². The number of rotatable bonds is 1. The third-order valence-electron chi connectivity index (χ3n) is 3.52. The molecule has 1 aliphatic carbocycles. The number of hydrogen-bond acceptors (Lipinski definition) is 3. The van der Waals surface area contributed by atoms with Crippen molar-refractivity contribution < 1.29 is 5.11 Å². The van der Waals surface area contributed by atoms with Crippen LogP contribution in [0.5, 0.6) is 0 Å². The van der Waals surface area contributed by atoms with Crippen molar-refractivity contribution in [3.63, 3.8) is 0 Å². The molecule has 0 saturated heterocycles. The van der Waals surface area contributed by atoms with Crippen molar-refractivity contribution in [1.29, 1.82) is 0 Å². The molecule has 0 fully saturated rings. The van der Waals surface area contributed by atoms with Crippen LogP contribution in [0.25, 0.3) is 11.3 Å². The van der Waals surface area contributed by atoms with Gasteiger partial charge in [-0.1, -0.05) is 36.4 Å². The molecule has 1 aliphatic rings. The summed E-state index contributed by atoms with van der Waals surface area (Å²) in [7, 11) is 0. The number of aliphatic hydroxyl groups excluding tert-OH is 1. The first-order valence-corrected chi connectivity index (χ1v) is 6.24. The van der Waals surface area contributed by atoms with E-state index in [-0.39, 0.29) is 6.04 Å². The Hall–Kier alpha value is -1.71. The summed E-state index contributed by atoms with van der Waals surface area (Å²) in [6.45, 7) is 0. The van der Waals surface area contributed by atoms with E-state index in [1.165, 1.54) is 0 Å². The Bertz CT molecular complexity index is 554. The number of fused-ring (bicyclic) bond motifs is 1. The largest absolute Gasteiger partial charge is 0.387 e. The Morgan fingerprint density at radius 2 is 1.89 bits per heavy atom. The van der Waals surface area contributed by atoms with Crippen LogP contribution < -0.4 is 5.73 Å². The van der Waals surface area contributed by atoms with Crippen molar-refractivity contribution in [3.05, 3.63) is 53.7 Å². The molecule has 3 N–H and O–H groups in total. The van der Waals surface area contributed by atoms with Crippen LogP contribution in [0.4, 0.5) is 0 Å². The normalized spacial score (nSPS) is 22.6. The maximum Gasteiger partial charge on any atom is 0.0958 e. The highest BCUT2D eigenvalue weighted by Gasteiger charge is 2.26. The van der Waals surface area contributed by atoms with E-state index in [2.05, 4.69) is 4.98 Å². The number of hydrogen-bond donors (Lipinski definition) is 2. The molecular weight excluding hydrogens is 224 g/mol. The molecule has 92 valence electrons. The smallest absolute Gasteiger partial charge is 0.0958 e. The van der Waals surface area contributed by atoms with Crippen molar-refractivity contribution in [2.75, 3.05) is 0 Å². The van der Waals surface area contributed by atoms with Gasteiger partial charge in [-0.3, -0.25) is 4.98 Å². The summed E-state index contributed by atoms with van der Waals surface area (Å²) in [6.07, 6.45) is 1.05. The van der Waals surface area contributed by atoms with Crippen LogP contribution in [0, 0.1) is 0 Å². The predicted octanol–water partition coefficient (Wildman–Crippen LogP) is 2.06. The third-order valence-corrected chi connectivity index (χ3v) is 3.52. The van der Waals surface area contributed by atoms with E-state index >= 15 is 0 Å². The Morgan fingerprint density at radius 3 is 2.67 bits per heavy atom. The number of nitrogens with zero attached hydrogens (tertiary/aromatic N) is 1. The van der Waals surface area contributed by atoms with Crippen molar-refractivity contribution in [3.8, 4) is 11.3 Å². The van der Waals surface area contributed by atoms with Crippen molar-refractivity contribution in [1.82, 2.24) is 4.98 Å². The molecule has 2 aromatic rings. The molecule has 0 radical (unpaired) electrons. The van der Waals surface area contributed by atoms with Crippen LogP contribution in [0.15, 0.2) is 42.5 Å². The minimum absolute atomic E-state index is 0.165. The second kappa shape index (κ2) is 4.52. The van der Waals surface area contributed by atoms with Crippen LogP contribution >= 0.6 is 0 Å². The number of aryl methyl sites for hydroxylation is 1. The number of pyridine rings is 1. The molecule has 18 heavy (non-hydrogen) atoms. The lowest BCUT2D eigenvalue weighted by Gasteiger charge is -2.26. The number of nitrogens with two attached hydrogens (primary N) is 1. The molecule has 1 aromatic heterocycles. The highest BCUT2D eigenvalue weighted by Crippen LogP contribution is 2.29. The van der Waals surface area contributed by atoms with Gasteiger partial charge in [-0.15, -0.1) is 0 Å². The highest BCUT2D eigenvalue weighted by molar-refractivity contribution is 5.59. The zero-order chi connectivity index (χ0) is 12.5. The van der Waals surface area contributed by atoms with Crippen molar-refractivity contribution in [2.24, 2.45) is 5.73 Å². The van der Waals surface area contributed by atoms with Crippen LogP contribution in [0.1, 0.15) is 23.8 Å². The lowest BCUT2D eigenvalue weighted by molar-refractivity contribution is 0.133. The van der Waals surface area contributed by atoms with Gasteiger partial charge in [0.15, 0.2) is 0 Å². The average molecular weight is 240 g/mol. The fourth-order valence-electron chi connectivity index (χ4n) is 2.44. The van der Waals surface area contributed by atoms with E-state index in [0.29, 0.717) is 0 Å². The van der Waals surface area contributed by atoms with Crippen LogP contribution in [-0.4, -0.2) is 16.1 Å². The van der Waals surface area contributed by atoms with Gasteiger partial charge in [0.25, 0.3) is 0 Å². The van der Waals surface area contributed by atoms with Gasteiger partial charge in [0.05, 0.1) is 11.8 Å². The summed E-state index contributed by atoms with van der Waals surface area (Å²) in [5.74, 6) is 0. The Labute approximate surface area is 106 Å². The quantitative estimate of drug-likeness (QED) is 0.802. The van der Waals surface area contributed by atoms with E-state index < -0.39 is 6.10 Å². The molecule has 1 aromatic carbocycles. The summed E-state index contributed by atoms with van der Waals surface area (Å²) in [5.41, 5.74) is 9.78. The first-order chi connectivity index (χ1) is 8.75. The molecule has 2 atom stereocenters. The van der Waals surface area contributed by atoms with Gasteiger partial charge in [0.1, 0.15) is 0 Å². The lowest BCUT2D eigenvalue weighted by Crippen LogP contribution is -2.33. The average Bonchev–Trinajstić information content (AvgIpc) is 2.44. The standard InChI is InChI=1S/C15H16N2O/c16-12-7-9-14-11(15(12)18)6-8-13(17-14)10-4-2-1-3-5-10/h1-6,8,12,15,18H,7,9,16H2. The van der Waals surface area contributed by atoms with Crippen LogP contribution in [0.3, 0.4) is 0 Å². The second-order valence-corrected chi connectivity index (χ2v) is 4.75.